The molecule has 1 heteroatoms. The predicted molar refractivity (Wildman–Crippen MR) is 173 cm³/mol. The van der Waals surface area contributed by atoms with E-state index in [2.05, 4.69) is 135 Å². The summed E-state index contributed by atoms with van der Waals surface area (Å²) in [6.45, 7) is 13.1. The lowest BCUT2D eigenvalue weighted by atomic mass is 9.80. The first-order chi connectivity index (χ1) is 19.5. The number of allylic oxidation sites excluding steroid dienone is 1. The van der Waals surface area contributed by atoms with Crippen molar-refractivity contribution in [1.82, 2.24) is 0 Å². The van der Waals surface area contributed by atoms with Gasteiger partial charge in [0, 0.05) is 23.6 Å². The van der Waals surface area contributed by atoms with Crippen molar-refractivity contribution in [2.24, 2.45) is 4.99 Å². The second-order valence-corrected chi connectivity index (χ2v) is 10.9. The van der Waals surface area contributed by atoms with Gasteiger partial charge in [0.25, 0.3) is 0 Å². The molecule has 2 aliphatic rings. The van der Waals surface area contributed by atoms with Gasteiger partial charge in [-0.1, -0.05) is 125 Å². The largest absolute Gasteiger partial charge is 0.287 e. The van der Waals surface area contributed by atoms with E-state index in [-0.39, 0.29) is 5.41 Å². The van der Waals surface area contributed by atoms with Crippen LogP contribution >= 0.6 is 0 Å². The number of fused-ring (bicyclic) bond motifs is 6. The van der Waals surface area contributed by atoms with Crippen LogP contribution in [-0.4, -0.2) is 12.8 Å². The first kappa shape index (κ1) is 25.8. The van der Waals surface area contributed by atoms with E-state index in [1.165, 1.54) is 55.6 Å². The molecule has 40 heavy (non-hydrogen) atoms. The molecule has 0 fully saturated rings. The topological polar surface area (TPSA) is 12.4 Å². The van der Waals surface area contributed by atoms with E-state index < -0.39 is 0 Å². The summed E-state index contributed by atoms with van der Waals surface area (Å²) in [6, 6.07) is 39.9. The lowest BCUT2D eigenvalue weighted by Crippen LogP contribution is -2.14. The number of hydrogen-bond acceptors (Lipinski definition) is 1. The molecule has 0 aromatic heterocycles. The Hall–Kier alpha value is -4.49. The molecule has 0 unspecified atom stereocenters. The lowest BCUT2D eigenvalue weighted by molar-refractivity contribution is 0.660. The fourth-order valence-electron chi connectivity index (χ4n) is 6.46. The number of hydrogen-bond donors (Lipinski definition) is 0. The number of rotatable bonds is 2. The van der Waals surface area contributed by atoms with Gasteiger partial charge in [0.05, 0.1) is 5.71 Å². The molecule has 5 aromatic carbocycles. The van der Waals surface area contributed by atoms with Crippen molar-refractivity contribution in [2.45, 2.75) is 33.1 Å². The highest BCUT2D eigenvalue weighted by atomic mass is 14.7. The Labute approximate surface area is 238 Å². The summed E-state index contributed by atoms with van der Waals surface area (Å²) in [7, 11) is 1.85. The van der Waals surface area contributed by atoms with Gasteiger partial charge in [0.1, 0.15) is 0 Å². The van der Waals surface area contributed by atoms with Crippen LogP contribution in [0, 0.1) is 0 Å². The van der Waals surface area contributed by atoms with Crippen LogP contribution < -0.4 is 0 Å². The second-order valence-electron chi connectivity index (χ2n) is 10.9. The maximum absolute atomic E-state index is 4.60. The fourth-order valence-corrected chi connectivity index (χ4v) is 6.46. The zero-order chi connectivity index (χ0) is 28.0. The van der Waals surface area contributed by atoms with Crippen LogP contribution in [0.2, 0.25) is 0 Å². The van der Waals surface area contributed by atoms with Crippen molar-refractivity contribution >= 4 is 11.3 Å². The summed E-state index contributed by atoms with van der Waals surface area (Å²) in [5.41, 5.74) is 17.1. The minimum absolute atomic E-state index is 0.0249. The van der Waals surface area contributed by atoms with Crippen LogP contribution in [0.3, 0.4) is 0 Å². The molecule has 1 nitrogen and oxygen atoms in total. The Balaban J connectivity index is 0.00000142. The third-order valence-corrected chi connectivity index (χ3v) is 8.44. The molecular weight excluding hydrogens is 482 g/mol. The Morgan fingerprint density at radius 3 is 1.73 bits per heavy atom. The lowest BCUT2D eigenvalue weighted by Gasteiger charge is -2.24. The highest BCUT2D eigenvalue weighted by Crippen LogP contribution is 2.49. The number of aliphatic imine (C=N–C) groups is 1. The third-order valence-electron chi connectivity index (χ3n) is 8.44. The summed E-state index contributed by atoms with van der Waals surface area (Å²) in [5.74, 6) is 0. The zero-order valence-electron chi connectivity index (χ0n) is 24.0. The molecule has 0 bridgehead atoms. The molecule has 7 rings (SSSR count). The van der Waals surface area contributed by atoms with Crippen LogP contribution in [0.1, 0.15) is 49.9 Å². The minimum atomic E-state index is 0.0249. The monoisotopic (exact) mass is 517 g/mol. The Morgan fingerprint density at radius 1 is 0.500 bits per heavy atom. The molecule has 0 spiro atoms. The molecule has 196 valence electrons. The summed E-state index contributed by atoms with van der Waals surface area (Å²) in [4.78, 5) is 4.60. The maximum Gasteiger partial charge on any atom is 0.0722 e. The van der Waals surface area contributed by atoms with Gasteiger partial charge in [-0.05, 0) is 79.4 Å². The highest BCUT2D eigenvalue weighted by Gasteiger charge is 2.35. The van der Waals surface area contributed by atoms with Crippen LogP contribution in [-0.2, 0) is 5.41 Å². The second kappa shape index (κ2) is 9.92. The van der Waals surface area contributed by atoms with E-state index in [0.29, 0.717) is 0 Å². The molecular formula is C39H35N. The van der Waals surface area contributed by atoms with Gasteiger partial charge in [-0.3, -0.25) is 4.99 Å². The van der Waals surface area contributed by atoms with Gasteiger partial charge in [-0.2, -0.15) is 0 Å². The van der Waals surface area contributed by atoms with Crippen molar-refractivity contribution in [3.63, 3.8) is 0 Å². The summed E-state index contributed by atoms with van der Waals surface area (Å²) >= 11 is 0. The van der Waals surface area contributed by atoms with Gasteiger partial charge in [0.2, 0.25) is 0 Å². The summed E-state index contributed by atoms with van der Waals surface area (Å²) in [5, 5.41) is 0. The van der Waals surface area contributed by atoms with E-state index >= 15 is 0 Å². The first-order valence-electron chi connectivity index (χ1n) is 14.2. The molecule has 2 aliphatic carbocycles. The Morgan fingerprint density at radius 2 is 1.02 bits per heavy atom. The molecule has 5 aromatic rings. The zero-order valence-corrected chi connectivity index (χ0v) is 24.0. The number of benzene rings is 5. The molecule has 0 atom stereocenters. The quantitative estimate of drug-likeness (QED) is 0.221. The van der Waals surface area contributed by atoms with Crippen LogP contribution in [0.15, 0.2) is 121 Å². The van der Waals surface area contributed by atoms with Gasteiger partial charge >= 0.3 is 0 Å². The van der Waals surface area contributed by atoms with Gasteiger partial charge in [-0.25, -0.2) is 0 Å². The number of nitrogens with zero attached hydrogens (tertiary/aromatic N) is 1. The summed E-state index contributed by atoms with van der Waals surface area (Å²) < 4.78 is 0. The van der Waals surface area contributed by atoms with E-state index in [1.807, 2.05) is 20.9 Å². The normalized spacial score (nSPS) is 14.9. The molecule has 0 heterocycles. The van der Waals surface area contributed by atoms with E-state index in [9.17, 15) is 0 Å². The standard InChI is InChI=1S/C37H29N.C2H6/c1-23-32-21-26(16-18-29(32)28-12-5-6-14-31(28)36(23)38-4)24-10-9-11-25(20-24)27-17-19-35-33(22-27)30-13-7-8-15-34(30)37(35,2)3;1-2/h5-22H,1H2,2-4H3;1-2H3. The van der Waals surface area contributed by atoms with Crippen molar-refractivity contribution in [2.75, 3.05) is 7.05 Å². The van der Waals surface area contributed by atoms with Gasteiger partial charge in [0.15, 0.2) is 0 Å². The maximum atomic E-state index is 4.60. The SMILES string of the molecule is C=C1C(=NC)c2ccccc2-c2ccc(-c3cccc(-c4ccc5c(c4)-c4ccccc4C5(C)C)c3)cc21.CC. The fraction of sp³-hybridized carbons (Fsp3) is 0.154. The Kier molecular flexibility index (Phi) is 6.39. The molecule has 0 radical (unpaired) electrons. The van der Waals surface area contributed by atoms with Crippen LogP contribution in [0.25, 0.3) is 50.1 Å². The average Bonchev–Trinajstić information content (AvgIpc) is 3.24. The van der Waals surface area contributed by atoms with E-state index in [4.69, 9.17) is 0 Å². The predicted octanol–water partition coefficient (Wildman–Crippen LogP) is 10.5. The minimum Gasteiger partial charge on any atom is -0.287 e. The molecule has 0 saturated carbocycles. The van der Waals surface area contributed by atoms with E-state index in [0.717, 1.165) is 22.4 Å². The molecule has 0 N–H and O–H groups in total. The van der Waals surface area contributed by atoms with Gasteiger partial charge in [-0.15, -0.1) is 0 Å². The molecule has 0 amide bonds. The van der Waals surface area contributed by atoms with Crippen LogP contribution in [0.4, 0.5) is 0 Å². The van der Waals surface area contributed by atoms with E-state index in [1.54, 1.807) is 0 Å². The summed E-state index contributed by atoms with van der Waals surface area (Å²) in [6.07, 6.45) is 0. The Bertz CT molecular complexity index is 1820. The average molecular weight is 518 g/mol. The van der Waals surface area contributed by atoms with Crippen molar-refractivity contribution in [3.05, 3.63) is 138 Å². The molecule has 0 aliphatic heterocycles. The van der Waals surface area contributed by atoms with Crippen LogP contribution in [0.5, 0.6) is 0 Å². The van der Waals surface area contributed by atoms with Gasteiger partial charge < -0.3 is 0 Å². The third kappa shape index (κ3) is 3.88. The molecule has 0 saturated heterocycles. The van der Waals surface area contributed by atoms with Crippen molar-refractivity contribution in [3.8, 4) is 44.5 Å². The highest BCUT2D eigenvalue weighted by molar-refractivity contribution is 6.36. The smallest absolute Gasteiger partial charge is 0.0722 e. The first-order valence-corrected chi connectivity index (χ1v) is 14.2. The van der Waals surface area contributed by atoms with Crippen molar-refractivity contribution < 1.29 is 0 Å². The van der Waals surface area contributed by atoms with Crippen molar-refractivity contribution in [1.29, 1.82) is 0 Å².